The van der Waals surface area contributed by atoms with E-state index in [0.717, 1.165) is 19.5 Å². The number of nitrogens with one attached hydrogen (secondary N) is 1. The minimum Gasteiger partial charge on any atom is -0.491 e. The van der Waals surface area contributed by atoms with Gasteiger partial charge in [-0.25, -0.2) is 0 Å². The Hall–Kier alpha value is -2.06. The standard InChI is InChI=1S/C18H23N3O4S/c1-2-9-25-14-6-4-3-5-13(14)19-16(22)12-15-17(23)20-18(26-15)21-7-10-24-11-8-21/h3-6,15H,2,7-12H2,1H3,(H,19,22). The molecule has 0 saturated carbocycles. The average Bonchev–Trinajstić information content (AvgIpc) is 3.02. The Morgan fingerprint density at radius 3 is 2.92 bits per heavy atom. The van der Waals surface area contributed by atoms with E-state index in [1.165, 1.54) is 11.8 Å². The molecule has 0 spiro atoms. The van der Waals surface area contributed by atoms with Gasteiger partial charge in [0, 0.05) is 19.5 Å². The highest BCUT2D eigenvalue weighted by atomic mass is 32.2. The molecule has 140 valence electrons. The molecular formula is C18H23N3O4S. The quantitative estimate of drug-likeness (QED) is 0.818. The van der Waals surface area contributed by atoms with Crippen LogP contribution < -0.4 is 10.1 Å². The summed E-state index contributed by atoms with van der Waals surface area (Å²) in [5.41, 5.74) is 0.621. The van der Waals surface area contributed by atoms with Crippen LogP contribution in [0, 0.1) is 0 Å². The average molecular weight is 377 g/mol. The van der Waals surface area contributed by atoms with Crippen molar-refractivity contribution < 1.29 is 19.1 Å². The highest BCUT2D eigenvalue weighted by molar-refractivity contribution is 8.15. The molecule has 7 nitrogen and oxygen atoms in total. The molecule has 8 heteroatoms. The second kappa shape index (κ2) is 9.05. The van der Waals surface area contributed by atoms with Gasteiger partial charge in [-0.15, -0.1) is 0 Å². The molecule has 0 radical (unpaired) electrons. The summed E-state index contributed by atoms with van der Waals surface area (Å²) in [7, 11) is 0. The summed E-state index contributed by atoms with van der Waals surface area (Å²) in [4.78, 5) is 30.7. The van der Waals surface area contributed by atoms with Crippen LogP contribution in [0.4, 0.5) is 5.69 Å². The highest BCUT2D eigenvalue weighted by Gasteiger charge is 2.33. The van der Waals surface area contributed by atoms with Crippen LogP contribution in [0.1, 0.15) is 19.8 Å². The van der Waals surface area contributed by atoms with Crippen LogP contribution in [0.2, 0.25) is 0 Å². The van der Waals surface area contributed by atoms with Gasteiger partial charge in [-0.2, -0.15) is 4.99 Å². The Balaban J connectivity index is 1.55. The van der Waals surface area contributed by atoms with Crippen molar-refractivity contribution in [2.24, 2.45) is 4.99 Å². The number of hydrogen-bond donors (Lipinski definition) is 1. The van der Waals surface area contributed by atoms with Crippen molar-refractivity contribution in [3.63, 3.8) is 0 Å². The van der Waals surface area contributed by atoms with Crippen molar-refractivity contribution in [2.75, 3.05) is 38.2 Å². The van der Waals surface area contributed by atoms with E-state index in [4.69, 9.17) is 9.47 Å². The van der Waals surface area contributed by atoms with Crippen LogP contribution in [0.15, 0.2) is 29.3 Å². The lowest BCUT2D eigenvalue weighted by Crippen LogP contribution is -2.39. The van der Waals surface area contributed by atoms with Gasteiger partial charge in [0.25, 0.3) is 5.91 Å². The van der Waals surface area contributed by atoms with Gasteiger partial charge < -0.3 is 19.7 Å². The van der Waals surface area contributed by atoms with E-state index < -0.39 is 5.25 Å². The first-order valence-electron chi connectivity index (χ1n) is 8.81. The lowest BCUT2D eigenvalue weighted by molar-refractivity contribution is -0.121. The number of thioether (sulfide) groups is 1. The SMILES string of the molecule is CCCOc1ccccc1NC(=O)CC1SC(N2CCOCC2)=NC1=O. The Morgan fingerprint density at radius 1 is 1.38 bits per heavy atom. The zero-order valence-electron chi connectivity index (χ0n) is 14.8. The van der Waals surface area contributed by atoms with Gasteiger partial charge in [0.1, 0.15) is 11.0 Å². The van der Waals surface area contributed by atoms with E-state index in [0.29, 0.717) is 36.4 Å². The van der Waals surface area contributed by atoms with E-state index in [2.05, 4.69) is 10.3 Å². The monoisotopic (exact) mass is 377 g/mol. The number of rotatable bonds is 6. The van der Waals surface area contributed by atoms with Gasteiger partial charge in [-0.05, 0) is 18.6 Å². The maximum Gasteiger partial charge on any atom is 0.262 e. The number of para-hydroxylation sites is 2. The fourth-order valence-corrected chi connectivity index (χ4v) is 3.79. The molecule has 2 heterocycles. The Labute approximate surface area is 157 Å². The summed E-state index contributed by atoms with van der Waals surface area (Å²) in [5, 5.41) is 3.07. The molecule has 3 rings (SSSR count). The molecule has 1 N–H and O–H groups in total. The third-order valence-electron chi connectivity index (χ3n) is 4.00. The number of carbonyl (C=O) groups excluding carboxylic acids is 2. The molecular weight excluding hydrogens is 354 g/mol. The fraction of sp³-hybridized carbons (Fsp3) is 0.500. The van der Waals surface area contributed by atoms with E-state index in [9.17, 15) is 9.59 Å². The zero-order valence-corrected chi connectivity index (χ0v) is 15.6. The smallest absolute Gasteiger partial charge is 0.262 e. The summed E-state index contributed by atoms with van der Waals surface area (Å²) in [6.07, 6.45) is 0.972. The van der Waals surface area contributed by atoms with E-state index in [1.807, 2.05) is 30.0 Å². The van der Waals surface area contributed by atoms with Crippen LogP contribution in [0.3, 0.4) is 0 Å². The van der Waals surface area contributed by atoms with Gasteiger partial charge in [0.2, 0.25) is 5.91 Å². The van der Waals surface area contributed by atoms with Gasteiger partial charge in [0.15, 0.2) is 5.17 Å². The van der Waals surface area contributed by atoms with Gasteiger partial charge in [0.05, 0.1) is 25.5 Å². The second-order valence-electron chi connectivity index (χ2n) is 6.04. The highest BCUT2D eigenvalue weighted by Crippen LogP contribution is 2.29. The molecule has 1 atom stereocenters. The minimum absolute atomic E-state index is 0.0863. The normalized spacial score (nSPS) is 20.0. The molecule has 1 saturated heterocycles. The van der Waals surface area contributed by atoms with Gasteiger partial charge in [-0.3, -0.25) is 9.59 Å². The van der Waals surface area contributed by atoms with Crippen LogP contribution in [-0.2, 0) is 14.3 Å². The first-order valence-corrected chi connectivity index (χ1v) is 9.69. The van der Waals surface area contributed by atoms with Crippen molar-refractivity contribution in [3.05, 3.63) is 24.3 Å². The van der Waals surface area contributed by atoms with Gasteiger partial charge >= 0.3 is 0 Å². The molecule has 1 aromatic carbocycles. The van der Waals surface area contributed by atoms with Gasteiger partial charge in [-0.1, -0.05) is 30.8 Å². The van der Waals surface area contributed by atoms with Crippen LogP contribution >= 0.6 is 11.8 Å². The Morgan fingerprint density at radius 2 is 2.15 bits per heavy atom. The van der Waals surface area contributed by atoms with Crippen molar-refractivity contribution in [1.29, 1.82) is 0 Å². The summed E-state index contributed by atoms with van der Waals surface area (Å²) in [5.74, 6) is 0.169. The minimum atomic E-state index is -0.475. The maximum absolute atomic E-state index is 12.4. The molecule has 0 aromatic heterocycles. The second-order valence-corrected chi connectivity index (χ2v) is 7.21. The number of morpholine rings is 1. The predicted octanol–water partition coefficient (Wildman–Crippen LogP) is 2.13. The Bertz CT molecular complexity index is 689. The number of amides is 2. The zero-order chi connectivity index (χ0) is 18.4. The first-order chi connectivity index (χ1) is 12.7. The summed E-state index contributed by atoms with van der Waals surface area (Å²) in [6, 6.07) is 7.31. The lowest BCUT2D eigenvalue weighted by atomic mass is 10.2. The Kier molecular flexibility index (Phi) is 6.51. The number of carbonyl (C=O) groups is 2. The van der Waals surface area contributed by atoms with Crippen molar-refractivity contribution in [1.82, 2.24) is 4.90 Å². The molecule has 26 heavy (non-hydrogen) atoms. The molecule has 0 bridgehead atoms. The molecule has 2 aliphatic rings. The largest absolute Gasteiger partial charge is 0.491 e. The number of aliphatic imine (C=N–C) groups is 1. The van der Waals surface area contributed by atoms with Crippen molar-refractivity contribution in [2.45, 2.75) is 25.0 Å². The van der Waals surface area contributed by atoms with E-state index >= 15 is 0 Å². The predicted molar refractivity (Wildman–Crippen MR) is 102 cm³/mol. The summed E-state index contributed by atoms with van der Waals surface area (Å²) in [6.45, 7) is 5.32. The topological polar surface area (TPSA) is 80.2 Å². The van der Waals surface area contributed by atoms with Crippen LogP contribution in [0.5, 0.6) is 5.75 Å². The maximum atomic E-state index is 12.4. The summed E-state index contributed by atoms with van der Waals surface area (Å²) >= 11 is 1.36. The molecule has 0 aliphatic carbocycles. The molecule has 1 aromatic rings. The van der Waals surface area contributed by atoms with Crippen LogP contribution in [-0.4, -0.2) is 60.0 Å². The number of nitrogens with zero attached hydrogens (tertiary/aromatic N) is 2. The number of ether oxygens (including phenoxy) is 2. The van der Waals surface area contributed by atoms with Crippen LogP contribution in [0.25, 0.3) is 0 Å². The molecule has 2 aliphatic heterocycles. The third-order valence-corrected chi connectivity index (χ3v) is 5.22. The number of hydrogen-bond acceptors (Lipinski definition) is 6. The van der Waals surface area contributed by atoms with E-state index in [-0.39, 0.29) is 18.2 Å². The molecule has 1 unspecified atom stereocenters. The number of amidine groups is 1. The van der Waals surface area contributed by atoms with Crippen molar-refractivity contribution >= 4 is 34.4 Å². The number of benzene rings is 1. The third kappa shape index (κ3) is 4.76. The lowest BCUT2D eigenvalue weighted by Gasteiger charge is -2.27. The summed E-state index contributed by atoms with van der Waals surface area (Å²) < 4.78 is 11.0. The van der Waals surface area contributed by atoms with E-state index in [1.54, 1.807) is 6.07 Å². The van der Waals surface area contributed by atoms with Crippen molar-refractivity contribution in [3.8, 4) is 5.75 Å². The molecule has 2 amide bonds. The number of anilines is 1. The molecule has 1 fully saturated rings. The first kappa shape index (κ1) is 18.7. The fourth-order valence-electron chi connectivity index (χ4n) is 2.68.